The minimum absolute atomic E-state index is 0.00598. The van der Waals surface area contributed by atoms with Crippen molar-refractivity contribution in [2.75, 3.05) is 44.2 Å². The van der Waals surface area contributed by atoms with Gasteiger partial charge >= 0.3 is 5.97 Å². The number of aromatic nitrogens is 1. The van der Waals surface area contributed by atoms with Crippen molar-refractivity contribution in [3.8, 4) is 0 Å². The van der Waals surface area contributed by atoms with Crippen LogP contribution in [0.2, 0.25) is 0 Å². The third-order valence-electron chi connectivity index (χ3n) is 4.75. The second-order valence-corrected chi connectivity index (χ2v) is 6.44. The first-order valence-corrected chi connectivity index (χ1v) is 9.09. The molecule has 2 saturated heterocycles. The van der Waals surface area contributed by atoms with E-state index >= 15 is 0 Å². The van der Waals surface area contributed by atoms with Gasteiger partial charge in [0.1, 0.15) is 5.82 Å². The van der Waals surface area contributed by atoms with Gasteiger partial charge in [-0.15, -0.1) is 0 Å². The average molecular weight is 346 g/mol. The van der Waals surface area contributed by atoms with E-state index in [9.17, 15) is 9.59 Å². The Morgan fingerprint density at radius 1 is 1.24 bits per heavy atom. The van der Waals surface area contributed by atoms with Crippen molar-refractivity contribution in [1.82, 2.24) is 15.2 Å². The minimum Gasteiger partial charge on any atom is -0.462 e. The van der Waals surface area contributed by atoms with Crippen molar-refractivity contribution in [3.63, 3.8) is 0 Å². The molecule has 25 heavy (non-hydrogen) atoms. The van der Waals surface area contributed by atoms with Crippen LogP contribution in [0.4, 0.5) is 5.82 Å². The number of ether oxygens (including phenoxy) is 1. The standard InChI is InChI=1S/C18H26N4O3/c1-2-25-18(24)14-6-7-16(20-13-14)21-9-4-10-22(12-11-21)17(23)15-5-3-8-19-15/h6-7,13,15,19H,2-5,8-12H2,1H3. The van der Waals surface area contributed by atoms with Crippen molar-refractivity contribution in [2.45, 2.75) is 32.2 Å². The molecule has 7 heteroatoms. The molecule has 1 aromatic rings. The van der Waals surface area contributed by atoms with Crippen LogP contribution in [0.15, 0.2) is 18.3 Å². The van der Waals surface area contributed by atoms with Gasteiger partial charge in [-0.25, -0.2) is 9.78 Å². The predicted molar refractivity (Wildman–Crippen MR) is 94.6 cm³/mol. The monoisotopic (exact) mass is 346 g/mol. The van der Waals surface area contributed by atoms with Gasteiger partial charge in [-0.2, -0.15) is 0 Å². The molecule has 136 valence electrons. The van der Waals surface area contributed by atoms with Crippen LogP contribution in [-0.4, -0.2) is 67.1 Å². The van der Waals surface area contributed by atoms with Gasteiger partial charge in [0, 0.05) is 32.4 Å². The number of esters is 1. The first kappa shape index (κ1) is 17.7. The van der Waals surface area contributed by atoms with Crippen molar-refractivity contribution in [3.05, 3.63) is 23.9 Å². The molecule has 0 aliphatic carbocycles. The molecule has 0 radical (unpaired) electrons. The van der Waals surface area contributed by atoms with Gasteiger partial charge in [-0.3, -0.25) is 4.79 Å². The lowest BCUT2D eigenvalue weighted by molar-refractivity contribution is -0.132. The summed E-state index contributed by atoms with van der Waals surface area (Å²) in [5, 5.41) is 3.28. The molecular weight excluding hydrogens is 320 g/mol. The van der Waals surface area contributed by atoms with E-state index in [1.54, 1.807) is 19.2 Å². The molecule has 0 aromatic carbocycles. The molecular formula is C18H26N4O3. The zero-order valence-corrected chi connectivity index (χ0v) is 14.7. The Balaban J connectivity index is 1.59. The Labute approximate surface area is 148 Å². The fraction of sp³-hybridized carbons (Fsp3) is 0.611. The maximum Gasteiger partial charge on any atom is 0.339 e. The van der Waals surface area contributed by atoms with Crippen LogP contribution in [0.1, 0.15) is 36.5 Å². The van der Waals surface area contributed by atoms with Crippen molar-refractivity contribution in [2.24, 2.45) is 0 Å². The van der Waals surface area contributed by atoms with E-state index in [0.717, 1.165) is 51.3 Å². The quantitative estimate of drug-likeness (QED) is 0.822. The number of carbonyl (C=O) groups is 2. The zero-order chi connectivity index (χ0) is 17.6. The van der Waals surface area contributed by atoms with Gasteiger partial charge in [0.2, 0.25) is 5.91 Å². The maximum absolute atomic E-state index is 12.6. The molecule has 2 aliphatic rings. The number of pyridine rings is 1. The van der Waals surface area contributed by atoms with Gasteiger partial charge in [-0.05, 0) is 44.9 Å². The normalized spacial score (nSPS) is 21.1. The Morgan fingerprint density at radius 3 is 2.80 bits per heavy atom. The summed E-state index contributed by atoms with van der Waals surface area (Å²) < 4.78 is 4.98. The Hall–Kier alpha value is -2.15. The summed E-state index contributed by atoms with van der Waals surface area (Å²) in [6.07, 6.45) is 4.49. The number of hydrogen-bond donors (Lipinski definition) is 1. The highest BCUT2D eigenvalue weighted by Gasteiger charge is 2.28. The Bertz CT molecular complexity index is 599. The van der Waals surface area contributed by atoms with Gasteiger partial charge < -0.3 is 19.9 Å². The largest absolute Gasteiger partial charge is 0.462 e. The predicted octanol–water partition coefficient (Wildman–Crippen LogP) is 1.05. The van der Waals surface area contributed by atoms with E-state index in [1.165, 1.54) is 0 Å². The minimum atomic E-state index is -0.349. The zero-order valence-electron chi connectivity index (χ0n) is 14.7. The molecule has 1 atom stereocenters. The van der Waals surface area contributed by atoms with Crippen molar-refractivity contribution < 1.29 is 14.3 Å². The van der Waals surface area contributed by atoms with Crippen LogP contribution < -0.4 is 10.2 Å². The number of carbonyl (C=O) groups excluding carboxylic acids is 2. The smallest absolute Gasteiger partial charge is 0.339 e. The van der Waals surface area contributed by atoms with Crippen LogP contribution in [0, 0.1) is 0 Å². The molecule has 1 N–H and O–H groups in total. The number of anilines is 1. The molecule has 0 bridgehead atoms. The summed E-state index contributed by atoms with van der Waals surface area (Å²) >= 11 is 0. The second kappa shape index (κ2) is 8.29. The summed E-state index contributed by atoms with van der Waals surface area (Å²) in [5.41, 5.74) is 0.463. The molecule has 1 unspecified atom stereocenters. The SMILES string of the molecule is CCOC(=O)c1ccc(N2CCCN(C(=O)C3CCCN3)CC2)nc1. The summed E-state index contributed by atoms with van der Waals surface area (Å²) in [7, 11) is 0. The number of rotatable bonds is 4. The number of nitrogens with one attached hydrogen (secondary N) is 1. The second-order valence-electron chi connectivity index (χ2n) is 6.44. The number of amides is 1. The van der Waals surface area contributed by atoms with Crippen LogP contribution in [0.5, 0.6) is 0 Å². The fourth-order valence-corrected chi connectivity index (χ4v) is 3.39. The first-order chi connectivity index (χ1) is 12.2. The molecule has 7 nitrogen and oxygen atoms in total. The lowest BCUT2D eigenvalue weighted by Gasteiger charge is -2.25. The van der Waals surface area contributed by atoms with E-state index in [4.69, 9.17) is 4.74 Å². The fourth-order valence-electron chi connectivity index (χ4n) is 3.39. The Kier molecular flexibility index (Phi) is 5.86. The third kappa shape index (κ3) is 4.28. The topological polar surface area (TPSA) is 74.8 Å². The van der Waals surface area contributed by atoms with Crippen molar-refractivity contribution >= 4 is 17.7 Å². The number of nitrogens with zero attached hydrogens (tertiary/aromatic N) is 3. The van der Waals surface area contributed by atoms with E-state index in [-0.39, 0.29) is 17.9 Å². The third-order valence-corrected chi connectivity index (χ3v) is 4.75. The van der Waals surface area contributed by atoms with Gasteiger partial charge in [0.15, 0.2) is 0 Å². The van der Waals surface area contributed by atoms with Gasteiger partial charge in [-0.1, -0.05) is 0 Å². The maximum atomic E-state index is 12.6. The van der Waals surface area contributed by atoms with E-state index in [2.05, 4.69) is 15.2 Å². The molecule has 0 saturated carbocycles. The van der Waals surface area contributed by atoms with E-state index in [0.29, 0.717) is 18.7 Å². The molecule has 2 aliphatic heterocycles. The lowest BCUT2D eigenvalue weighted by Crippen LogP contribution is -2.45. The molecule has 0 spiro atoms. The highest BCUT2D eigenvalue weighted by molar-refractivity contribution is 5.89. The highest BCUT2D eigenvalue weighted by atomic mass is 16.5. The summed E-state index contributed by atoms with van der Waals surface area (Å²) in [4.78, 5) is 32.8. The van der Waals surface area contributed by atoms with Gasteiger partial charge in [0.25, 0.3) is 0 Å². The van der Waals surface area contributed by atoms with Gasteiger partial charge in [0.05, 0.1) is 18.2 Å². The average Bonchev–Trinajstić information content (AvgIpc) is 3.06. The molecule has 3 rings (SSSR count). The van der Waals surface area contributed by atoms with Crippen LogP contribution in [0.3, 0.4) is 0 Å². The summed E-state index contributed by atoms with van der Waals surface area (Å²) in [6, 6.07) is 3.59. The molecule has 1 amide bonds. The molecule has 3 heterocycles. The van der Waals surface area contributed by atoms with Crippen LogP contribution in [0.25, 0.3) is 0 Å². The first-order valence-electron chi connectivity index (χ1n) is 9.09. The summed E-state index contributed by atoms with van der Waals surface area (Å²) in [5.74, 6) is 0.713. The summed E-state index contributed by atoms with van der Waals surface area (Å²) in [6.45, 7) is 6.18. The Morgan fingerprint density at radius 2 is 2.12 bits per heavy atom. The van der Waals surface area contributed by atoms with E-state index < -0.39 is 0 Å². The van der Waals surface area contributed by atoms with Crippen LogP contribution in [-0.2, 0) is 9.53 Å². The molecule has 2 fully saturated rings. The highest BCUT2D eigenvalue weighted by Crippen LogP contribution is 2.16. The van der Waals surface area contributed by atoms with E-state index in [1.807, 2.05) is 11.0 Å². The molecule has 1 aromatic heterocycles. The van der Waals surface area contributed by atoms with Crippen molar-refractivity contribution in [1.29, 1.82) is 0 Å². The van der Waals surface area contributed by atoms with Crippen LogP contribution >= 0.6 is 0 Å². The number of hydrogen-bond acceptors (Lipinski definition) is 6. The lowest BCUT2D eigenvalue weighted by atomic mass is 10.2.